The van der Waals surface area contributed by atoms with Gasteiger partial charge in [-0.1, -0.05) is 0 Å². The molecule has 0 aliphatic rings. The summed E-state index contributed by atoms with van der Waals surface area (Å²) in [4.78, 5) is 21.2. The Bertz CT molecular complexity index is 560. The molecule has 0 N–H and O–H groups in total. The molecular formula is C13H20N4OS. The van der Waals surface area contributed by atoms with Gasteiger partial charge in [0.1, 0.15) is 5.69 Å². The predicted molar refractivity (Wildman–Crippen MR) is 79.5 cm³/mol. The average molecular weight is 280 g/mol. The fraction of sp³-hybridized carbons (Fsp3) is 0.538. The van der Waals surface area contributed by atoms with Crippen LogP contribution in [0.3, 0.4) is 0 Å². The maximum atomic E-state index is 11.4. The van der Waals surface area contributed by atoms with Crippen LogP contribution in [0.5, 0.6) is 0 Å². The number of fused-ring (bicyclic) bond motifs is 1. The van der Waals surface area contributed by atoms with Gasteiger partial charge in [-0.05, 0) is 27.9 Å². The highest BCUT2D eigenvalue weighted by atomic mass is 32.1. The van der Waals surface area contributed by atoms with E-state index in [-0.39, 0.29) is 0 Å². The number of hydrogen-bond donors (Lipinski definition) is 0. The van der Waals surface area contributed by atoms with E-state index in [4.69, 9.17) is 0 Å². The fourth-order valence-corrected chi connectivity index (χ4v) is 3.13. The molecule has 0 aliphatic heterocycles. The normalized spacial score (nSPS) is 13.1. The smallest absolute Gasteiger partial charge is 0.196 e. The molecule has 0 saturated heterocycles. The molecule has 6 heteroatoms. The summed E-state index contributed by atoms with van der Waals surface area (Å²) < 4.78 is 1.86. The third-order valence-corrected chi connectivity index (χ3v) is 3.92. The van der Waals surface area contributed by atoms with E-state index >= 15 is 0 Å². The summed E-state index contributed by atoms with van der Waals surface area (Å²) in [5.41, 5.74) is 0.642. The van der Waals surface area contributed by atoms with Crippen molar-refractivity contribution in [1.82, 2.24) is 14.3 Å². The monoisotopic (exact) mass is 280 g/mol. The summed E-state index contributed by atoms with van der Waals surface area (Å²) in [6.45, 7) is 6.01. The fourth-order valence-electron chi connectivity index (χ4n) is 2.41. The van der Waals surface area contributed by atoms with E-state index in [1.54, 1.807) is 11.3 Å². The van der Waals surface area contributed by atoms with Gasteiger partial charge in [0.05, 0.1) is 0 Å². The van der Waals surface area contributed by atoms with Crippen molar-refractivity contribution in [2.75, 3.05) is 32.1 Å². The van der Waals surface area contributed by atoms with Crippen molar-refractivity contribution < 1.29 is 4.79 Å². The van der Waals surface area contributed by atoms with Crippen LogP contribution < -0.4 is 4.90 Å². The molecule has 5 nitrogen and oxygen atoms in total. The summed E-state index contributed by atoms with van der Waals surface area (Å²) in [5, 5.41) is 1.94. The van der Waals surface area contributed by atoms with Gasteiger partial charge in [-0.2, -0.15) is 0 Å². The second-order valence-corrected chi connectivity index (χ2v) is 5.76. The minimum atomic E-state index is 0.309. The van der Waals surface area contributed by atoms with Crippen LogP contribution in [0.1, 0.15) is 24.3 Å². The van der Waals surface area contributed by atoms with Crippen LogP contribution in [0.4, 0.5) is 5.82 Å². The van der Waals surface area contributed by atoms with E-state index < -0.39 is 0 Å². The van der Waals surface area contributed by atoms with E-state index in [2.05, 4.69) is 42.7 Å². The highest BCUT2D eigenvalue weighted by Crippen LogP contribution is 2.24. The van der Waals surface area contributed by atoms with Crippen LogP contribution in [0, 0.1) is 0 Å². The Morgan fingerprint density at radius 2 is 2.26 bits per heavy atom. The van der Waals surface area contributed by atoms with Crippen molar-refractivity contribution in [3.63, 3.8) is 0 Å². The topological polar surface area (TPSA) is 40.9 Å². The van der Waals surface area contributed by atoms with Crippen molar-refractivity contribution in [2.24, 2.45) is 0 Å². The second-order valence-electron chi connectivity index (χ2n) is 4.89. The average Bonchev–Trinajstić information content (AvgIpc) is 2.89. The molecular weight excluding hydrogens is 260 g/mol. The first kappa shape index (κ1) is 14.0. The van der Waals surface area contributed by atoms with Crippen molar-refractivity contribution in [2.45, 2.75) is 19.9 Å². The lowest BCUT2D eigenvalue weighted by Crippen LogP contribution is -2.40. The lowest BCUT2D eigenvalue weighted by molar-refractivity contribution is 0.111. The number of aldehydes is 1. The highest BCUT2D eigenvalue weighted by molar-refractivity contribution is 7.15. The lowest BCUT2D eigenvalue weighted by Gasteiger charge is -2.30. The highest BCUT2D eigenvalue weighted by Gasteiger charge is 2.21. The number of carbonyl (C=O) groups excluding carboxylic acids is 1. The molecule has 0 saturated carbocycles. The third-order valence-electron chi connectivity index (χ3n) is 3.17. The number of nitrogens with zero attached hydrogens (tertiary/aromatic N) is 4. The number of anilines is 1. The van der Waals surface area contributed by atoms with Gasteiger partial charge in [0.15, 0.2) is 17.1 Å². The van der Waals surface area contributed by atoms with Crippen molar-refractivity contribution in [3.8, 4) is 0 Å². The summed E-state index contributed by atoms with van der Waals surface area (Å²) in [6, 6.07) is 0.309. The summed E-state index contributed by atoms with van der Waals surface area (Å²) >= 11 is 1.55. The summed E-state index contributed by atoms with van der Waals surface area (Å²) in [6.07, 6.45) is 2.79. The van der Waals surface area contributed by atoms with E-state index in [1.165, 1.54) is 0 Å². The number of hydrogen-bond acceptors (Lipinski definition) is 5. The first-order valence-electron chi connectivity index (χ1n) is 6.40. The molecule has 19 heavy (non-hydrogen) atoms. The Balaban J connectivity index is 2.39. The van der Waals surface area contributed by atoms with Gasteiger partial charge in [0.2, 0.25) is 0 Å². The molecule has 0 spiro atoms. The van der Waals surface area contributed by atoms with Crippen molar-refractivity contribution in [3.05, 3.63) is 17.3 Å². The Labute approximate surface area is 117 Å². The molecule has 0 aliphatic carbocycles. The maximum Gasteiger partial charge on any atom is 0.196 e. The molecule has 104 valence electrons. The molecule has 1 atom stereocenters. The Kier molecular flexibility index (Phi) is 4.21. The van der Waals surface area contributed by atoms with Crippen LogP contribution >= 0.6 is 11.3 Å². The molecule has 2 heterocycles. The predicted octanol–water partition coefficient (Wildman–Crippen LogP) is 1.98. The number of thiazole rings is 1. The van der Waals surface area contributed by atoms with Gasteiger partial charge in [-0.3, -0.25) is 9.20 Å². The number of carbonyl (C=O) groups is 1. The Hall–Kier alpha value is -1.40. The van der Waals surface area contributed by atoms with Crippen LogP contribution in [-0.4, -0.2) is 53.8 Å². The van der Waals surface area contributed by atoms with E-state index in [0.717, 1.165) is 30.2 Å². The zero-order valence-corrected chi connectivity index (χ0v) is 12.6. The third kappa shape index (κ3) is 2.64. The molecule has 2 aromatic heterocycles. The zero-order chi connectivity index (χ0) is 14.0. The van der Waals surface area contributed by atoms with Gasteiger partial charge in [-0.25, -0.2) is 4.98 Å². The number of likely N-dealkylation sites (N-methyl/N-ethyl adjacent to an activating group) is 2. The minimum Gasteiger partial charge on any atom is -0.351 e. The number of rotatable bonds is 6. The first-order valence-corrected chi connectivity index (χ1v) is 7.28. The molecule has 0 amide bonds. The van der Waals surface area contributed by atoms with Gasteiger partial charge in [-0.15, -0.1) is 11.3 Å². The molecule has 0 aromatic carbocycles. The van der Waals surface area contributed by atoms with Crippen LogP contribution in [0.2, 0.25) is 0 Å². The van der Waals surface area contributed by atoms with E-state index in [0.29, 0.717) is 11.7 Å². The molecule has 0 bridgehead atoms. The van der Waals surface area contributed by atoms with Gasteiger partial charge >= 0.3 is 0 Å². The van der Waals surface area contributed by atoms with Crippen LogP contribution in [0.25, 0.3) is 4.96 Å². The van der Waals surface area contributed by atoms with Crippen LogP contribution in [-0.2, 0) is 0 Å². The Morgan fingerprint density at radius 1 is 1.53 bits per heavy atom. The SMILES string of the molecule is CCN(c1nc2sccn2c1C=O)C(C)CN(C)C. The number of aromatic nitrogens is 2. The summed E-state index contributed by atoms with van der Waals surface area (Å²) in [7, 11) is 4.10. The first-order chi connectivity index (χ1) is 9.08. The molecule has 2 aromatic rings. The molecule has 1 unspecified atom stereocenters. The second kappa shape index (κ2) is 5.71. The van der Waals surface area contributed by atoms with Gasteiger partial charge < -0.3 is 9.80 Å². The summed E-state index contributed by atoms with van der Waals surface area (Å²) in [5.74, 6) is 0.790. The molecule has 0 fully saturated rings. The van der Waals surface area contributed by atoms with Crippen LogP contribution in [0.15, 0.2) is 11.6 Å². The standard InChI is InChI=1S/C13H20N4OS/c1-5-16(10(2)8-15(3)4)12-11(9-18)17-6-7-19-13(17)14-12/h6-7,9-10H,5,8H2,1-4H3. The quantitative estimate of drug-likeness (QED) is 0.759. The van der Waals surface area contributed by atoms with Gasteiger partial charge in [0, 0.05) is 30.7 Å². The largest absolute Gasteiger partial charge is 0.351 e. The maximum absolute atomic E-state index is 11.4. The van der Waals surface area contributed by atoms with Gasteiger partial charge in [0.25, 0.3) is 0 Å². The van der Waals surface area contributed by atoms with E-state index in [1.807, 2.05) is 16.0 Å². The minimum absolute atomic E-state index is 0.309. The number of imidazole rings is 1. The Morgan fingerprint density at radius 3 is 2.84 bits per heavy atom. The van der Waals surface area contributed by atoms with Crippen molar-refractivity contribution in [1.29, 1.82) is 0 Å². The zero-order valence-electron chi connectivity index (χ0n) is 11.8. The molecule has 2 rings (SSSR count). The van der Waals surface area contributed by atoms with E-state index in [9.17, 15) is 4.79 Å². The van der Waals surface area contributed by atoms with Crippen molar-refractivity contribution >= 4 is 28.4 Å². The lowest BCUT2D eigenvalue weighted by atomic mass is 10.2. The molecule has 0 radical (unpaired) electrons.